The zero-order chi connectivity index (χ0) is 22.4. The Hall–Kier alpha value is -3.39. The van der Waals surface area contributed by atoms with Gasteiger partial charge in [0.2, 0.25) is 5.91 Å². The van der Waals surface area contributed by atoms with Crippen LogP contribution in [0, 0.1) is 0 Å². The lowest BCUT2D eigenvalue weighted by Crippen LogP contribution is -2.59. The molecule has 0 spiro atoms. The normalized spacial score (nSPS) is 14.1. The highest BCUT2D eigenvalue weighted by Gasteiger charge is 2.38. The summed E-state index contributed by atoms with van der Waals surface area (Å²) in [5.74, 6) is -1.94. The summed E-state index contributed by atoms with van der Waals surface area (Å²) in [5.41, 5.74) is 2.86. The minimum atomic E-state index is -1.55. The maximum Gasteiger partial charge on any atom is 0.407 e. The van der Waals surface area contributed by atoms with E-state index in [4.69, 9.17) is 9.47 Å². The number of methoxy groups -OCH3 is 1. The number of carboxylic acid groups (broad SMARTS) is 1. The van der Waals surface area contributed by atoms with Crippen LogP contribution in [0.3, 0.4) is 0 Å². The van der Waals surface area contributed by atoms with Gasteiger partial charge in [0.25, 0.3) is 0 Å². The quantitative estimate of drug-likeness (QED) is 0.568. The number of alkyl carbamates (subject to hydrolysis) is 1. The average molecular weight is 426 g/mol. The molecule has 0 saturated heterocycles. The Bertz CT molecular complexity index is 931. The molecule has 1 atom stereocenters. The molecule has 164 valence electrons. The van der Waals surface area contributed by atoms with Crippen LogP contribution in [0.2, 0.25) is 0 Å². The summed E-state index contributed by atoms with van der Waals surface area (Å²) < 4.78 is 10.3. The van der Waals surface area contributed by atoms with Gasteiger partial charge in [-0.1, -0.05) is 55.5 Å². The summed E-state index contributed by atoms with van der Waals surface area (Å²) in [6.07, 6.45) is -0.617. The first-order chi connectivity index (χ1) is 14.9. The summed E-state index contributed by atoms with van der Waals surface area (Å²) >= 11 is 0. The number of fused-ring (bicyclic) bond motifs is 3. The van der Waals surface area contributed by atoms with Gasteiger partial charge in [0.15, 0.2) is 5.54 Å². The fraction of sp³-hybridized carbons (Fsp3) is 0.348. The van der Waals surface area contributed by atoms with Crippen molar-refractivity contribution in [1.82, 2.24) is 10.6 Å². The van der Waals surface area contributed by atoms with Crippen molar-refractivity contribution in [2.45, 2.75) is 24.8 Å². The van der Waals surface area contributed by atoms with E-state index in [1.807, 2.05) is 48.5 Å². The van der Waals surface area contributed by atoms with Gasteiger partial charge in [0.05, 0.1) is 6.61 Å². The summed E-state index contributed by atoms with van der Waals surface area (Å²) in [7, 11) is 1.36. The molecule has 2 amide bonds. The van der Waals surface area contributed by atoms with E-state index in [1.165, 1.54) is 7.11 Å². The van der Waals surface area contributed by atoms with Crippen LogP contribution in [0.5, 0.6) is 0 Å². The lowest BCUT2D eigenvalue weighted by Gasteiger charge is -2.28. The number of hydrogen-bond donors (Lipinski definition) is 3. The predicted octanol–water partition coefficient (Wildman–Crippen LogP) is 2.52. The Morgan fingerprint density at radius 2 is 1.61 bits per heavy atom. The molecule has 2 aromatic carbocycles. The van der Waals surface area contributed by atoms with Crippen molar-refractivity contribution in [2.24, 2.45) is 0 Å². The van der Waals surface area contributed by atoms with E-state index < -0.39 is 30.1 Å². The van der Waals surface area contributed by atoms with Crippen LogP contribution in [-0.2, 0) is 19.1 Å². The molecule has 0 aliphatic heterocycles. The summed E-state index contributed by atoms with van der Waals surface area (Å²) in [5, 5.41) is 14.2. The number of carbonyl (C=O) groups excluding carboxylic acids is 2. The van der Waals surface area contributed by atoms with E-state index in [9.17, 15) is 19.5 Å². The number of ether oxygens (including phenoxy) is 2. The topological polar surface area (TPSA) is 114 Å². The van der Waals surface area contributed by atoms with Crippen LogP contribution in [0.1, 0.15) is 30.4 Å². The molecule has 1 unspecified atom stereocenters. The Labute approximate surface area is 180 Å². The number of amides is 2. The molecule has 8 heteroatoms. The van der Waals surface area contributed by atoms with Crippen LogP contribution in [0.4, 0.5) is 4.79 Å². The van der Waals surface area contributed by atoms with E-state index in [0.29, 0.717) is 0 Å². The molecule has 0 saturated carbocycles. The first-order valence-corrected chi connectivity index (χ1v) is 10.0. The van der Waals surface area contributed by atoms with Crippen LogP contribution in [-0.4, -0.2) is 55.5 Å². The number of benzene rings is 2. The molecule has 0 heterocycles. The number of hydrogen-bond acceptors (Lipinski definition) is 5. The Morgan fingerprint density at radius 3 is 2.13 bits per heavy atom. The van der Waals surface area contributed by atoms with E-state index in [-0.39, 0.29) is 25.6 Å². The second-order valence-corrected chi connectivity index (χ2v) is 7.40. The first kappa shape index (κ1) is 22.3. The molecule has 0 aromatic heterocycles. The molecule has 3 rings (SSSR count). The van der Waals surface area contributed by atoms with Gasteiger partial charge >= 0.3 is 12.1 Å². The average Bonchev–Trinajstić information content (AvgIpc) is 3.09. The third-order valence-corrected chi connectivity index (χ3v) is 5.52. The van der Waals surface area contributed by atoms with Crippen molar-refractivity contribution in [3.8, 4) is 11.1 Å². The van der Waals surface area contributed by atoms with Gasteiger partial charge in [0, 0.05) is 13.0 Å². The monoisotopic (exact) mass is 426 g/mol. The predicted molar refractivity (Wildman–Crippen MR) is 114 cm³/mol. The zero-order valence-corrected chi connectivity index (χ0v) is 17.5. The molecular weight excluding hydrogens is 400 g/mol. The van der Waals surface area contributed by atoms with E-state index in [1.54, 1.807) is 6.92 Å². The minimum Gasteiger partial charge on any atom is -0.479 e. The van der Waals surface area contributed by atoms with Gasteiger partial charge in [-0.15, -0.1) is 0 Å². The fourth-order valence-electron chi connectivity index (χ4n) is 3.85. The molecule has 0 bridgehead atoms. The van der Waals surface area contributed by atoms with Gasteiger partial charge in [-0.05, 0) is 28.7 Å². The smallest absolute Gasteiger partial charge is 0.407 e. The third kappa shape index (κ3) is 4.69. The zero-order valence-electron chi connectivity index (χ0n) is 17.5. The van der Waals surface area contributed by atoms with Crippen LogP contribution in [0.15, 0.2) is 48.5 Å². The highest BCUT2D eigenvalue weighted by atomic mass is 16.5. The van der Waals surface area contributed by atoms with E-state index in [2.05, 4.69) is 10.6 Å². The minimum absolute atomic E-state index is 0.0894. The van der Waals surface area contributed by atoms with E-state index >= 15 is 0 Å². The number of nitrogens with one attached hydrogen (secondary N) is 2. The lowest BCUT2D eigenvalue weighted by molar-refractivity contribution is -0.150. The number of carbonyl (C=O) groups is 3. The van der Waals surface area contributed by atoms with Gasteiger partial charge in [-0.2, -0.15) is 0 Å². The Morgan fingerprint density at radius 1 is 1.03 bits per heavy atom. The standard InChI is InChI=1S/C23H26N2O6/c1-3-23(14-30-2,21(27)28)25-20(26)12-24-22(29)31-13-19-17-10-6-4-8-15(17)16-9-5-7-11-18(16)19/h4-11,19H,3,12-14H2,1-2H3,(H,24,29)(H,25,26)(H,27,28). The van der Waals surface area contributed by atoms with Crippen molar-refractivity contribution >= 4 is 18.0 Å². The lowest BCUT2D eigenvalue weighted by atomic mass is 9.97. The van der Waals surface area contributed by atoms with Gasteiger partial charge in [0.1, 0.15) is 13.2 Å². The van der Waals surface area contributed by atoms with E-state index in [0.717, 1.165) is 22.3 Å². The Balaban J connectivity index is 1.56. The number of rotatable bonds is 9. The molecule has 0 radical (unpaired) electrons. The summed E-state index contributed by atoms with van der Waals surface area (Å²) in [4.78, 5) is 35.9. The van der Waals surface area contributed by atoms with Crippen molar-refractivity contribution in [2.75, 3.05) is 26.9 Å². The van der Waals surface area contributed by atoms with Crippen molar-refractivity contribution in [1.29, 1.82) is 0 Å². The maximum absolute atomic E-state index is 12.2. The molecule has 31 heavy (non-hydrogen) atoms. The summed E-state index contributed by atoms with van der Waals surface area (Å²) in [6.45, 7) is 1.16. The SMILES string of the molecule is CCC(COC)(NC(=O)CNC(=O)OCC1c2ccccc2-c2ccccc21)C(=O)O. The molecule has 0 fully saturated rings. The number of carboxylic acids is 1. The molecule has 2 aromatic rings. The highest BCUT2D eigenvalue weighted by Crippen LogP contribution is 2.44. The Kier molecular flexibility index (Phi) is 6.91. The molecule has 1 aliphatic rings. The number of aliphatic carboxylic acids is 1. The molecule has 3 N–H and O–H groups in total. The van der Waals surface area contributed by atoms with Crippen LogP contribution < -0.4 is 10.6 Å². The van der Waals surface area contributed by atoms with Crippen molar-refractivity contribution in [3.63, 3.8) is 0 Å². The second-order valence-electron chi connectivity index (χ2n) is 7.40. The molecule has 1 aliphatic carbocycles. The van der Waals surface area contributed by atoms with Gasteiger partial charge in [-0.3, -0.25) is 4.79 Å². The summed E-state index contributed by atoms with van der Waals surface area (Å²) in [6, 6.07) is 16.0. The van der Waals surface area contributed by atoms with Crippen molar-refractivity contribution in [3.05, 3.63) is 59.7 Å². The maximum atomic E-state index is 12.2. The van der Waals surface area contributed by atoms with Crippen molar-refractivity contribution < 1.29 is 29.0 Å². The second kappa shape index (κ2) is 9.61. The fourth-order valence-corrected chi connectivity index (χ4v) is 3.85. The largest absolute Gasteiger partial charge is 0.479 e. The third-order valence-electron chi connectivity index (χ3n) is 5.52. The first-order valence-electron chi connectivity index (χ1n) is 10.0. The van der Waals surface area contributed by atoms with Crippen LogP contribution in [0.25, 0.3) is 11.1 Å². The molecular formula is C23H26N2O6. The van der Waals surface area contributed by atoms with Crippen LogP contribution >= 0.6 is 0 Å². The van der Waals surface area contributed by atoms with Gasteiger partial charge < -0.3 is 25.2 Å². The molecule has 8 nitrogen and oxygen atoms in total. The highest BCUT2D eigenvalue weighted by molar-refractivity contribution is 5.89. The van der Waals surface area contributed by atoms with Gasteiger partial charge in [-0.25, -0.2) is 9.59 Å².